The quantitative estimate of drug-likeness (QED) is 0.862. The highest BCUT2D eigenvalue weighted by Gasteiger charge is 2.38. The maximum atomic E-state index is 13.7. The average molecular weight is 321 g/mol. The van der Waals surface area contributed by atoms with Gasteiger partial charge in [-0.1, -0.05) is 6.07 Å². The molecule has 1 aliphatic rings. The molecule has 3 N–H and O–H groups in total. The third kappa shape index (κ3) is 3.49. The lowest BCUT2D eigenvalue weighted by atomic mass is 10.0. The number of primary amides is 1. The zero-order valence-corrected chi connectivity index (χ0v) is 13.4. The second-order valence-corrected chi connectivity index (χ2v) is 6.32. The first-order valence-corrected chi connectivity index (χ1v) is 7.30. The summed E-state index contributed by atoms with van der Waals surface area (Å²) in [5.74, 6) is -2.35. The standard InChI is InChI=1S/C16H20FN3O3/c1-9-4-5-11(7-12(9)17)20-8-10(6-13(20)21)14(22)19-16(2,3)15(18)23/h4-5,7,10H,6,8H2,1-3H3,(H2,18,23)(H,19,22)/t10-/m0/s1. The highest BCUT2D eigenvalue weighted by Crippen LogP contribution is 2.27. The molecule has 23 heavy (non-hydrogen) atoms. The van der Waals surface area contributed by atoms with Crippen molar-refractivity contribution in [2.75, 3.05) is 11.4 Å². The lowest BCUT2D eigenvalue weighted by molar-refractivity contribution is -0.132. The summed E-state index contributed by atoms with van der Waals surface area (Å²) in [5, 5.41) is 2.54. The minimum absolute atomic E-state index is 0.0101. The Balaban J connectivity index is 2.12. The van der Waals surface area contributed by atoms with Crippen LogP contribution in [-0.4, -0.2) is 29.8 Å². The van der Waals surface area contributed by atoms with Gasteiger partial charge in [0.15, 0.2) is 0 Å². The Morgan fingerprint density at radius 2 is 2.04 bits per heavy atom. The summed E-state index contributed by atoms with van der Waals surface area (Å²) in [6, 6.07) is 4.51. The van der Waals surface area contributed by atoms with Gasteiger partial charge in [0.1, 0.15) is 11.4 Å². The molecule has 1 atom stereocenters. The first-order chi connectivity index (χ1) is 10.6. The van der Waals surface area contributed by atoms with Gasteiger partial charge >= 0.3 is 0 Å². The second kappa shape index (κ2) is 5.98. The summed E-state index contributed by atoms with van der Waals surface area (Å²) in [7, 11) is 0. The Morgan fingerprint density at radius 1 is 1.39 bits per heavy atom. The second-order valence-electron chi connectivity index (χ2n) is 6.32. The van der Waals surface area contributed by atoms with E-state index in [0.717, 1.165) is 0 Å². The topological polar surface area (TPSA) is 92.5 Å². The number of anilines is 1. The fraction of sp³-hybridized carbons (Fsp3) is 0.438. The molecular formula is C16H20FN3O3. The van der Waals surface area contributed by atoms with E-state index in [1.54, 1.807) is 19.1 Å². The van der Waals surface area contributed by atoms with E-state index in [0.29, 0.717) is 11.3 Å². The van der Waals surface area contributed by atoms with E-state index in [9.17, 15) is 18.8 Å². The highest BCUT2D eigenvalue weighted by atomic mass is 19.1. The molecule has 1 heterocycles. The first kappa shape index (κ1) is 16.9. The van der Waals surface area contributed by atoms with Crippen molar-refractivity contribution in [3.63, 3.8) is 0 Å². The van der Waals surface area contributed by atoms with Crippen LogP contribution in [-0.2, 0) is 14.4 Å². The molecule has 3 amide bonds. The number of nitrogens with two attached hydrogens (primary N) is 1. The van der Waals surface area contributed by atoms with Gasteiger partial charge < -0.3 is 16.0 Å². The number of aryl methyl sites for hydroxylation is 1. The maximum Gasteiger partial charge on any atom is 0.242 e. The number of hydrogen-bond acceptors (Lipinski definition) is 3. The smallest absolute Gasteiger partial charge is 0.242 e. The number of halogens is 1. The number of amides is 3. The van der Waals surface area contributed by atoms with Crippen LogP contribution in [0.4, 0.5) is 10.1 Å². The van der Waals surface area contributed by atoms with Crippen LogP contribution in [0.5, 0.6) is 0 Å². The summed E-state index contributed by atoms with van der Waals surface area (Å²) in [6.45, 7) is 4.77. The van der Waals surface area contributed by atoms with E-state index in [4.69, 9.17) is 5.73 Å². The van der Waals surface area contributed by atoms with Crippen molar-refractivity contribution in [3.05, 3.63) is 29.6 Å². The lowest BCUT2D eigenvalue weighted by Crippen LogP contribution is -2.54. The molecule has 7 heteroatoms. The fourth-order valence-corrected chi connectivity index (χ4v) is 2.35. The molecule has 0 bridgehead atoms. The Labute approximate surface area is 133 Å². The molecule has 0 saturated carbocycles. The fourth-order valence-electron chi connectivity index (χ4n) is 2.35. The van der Waals surface area contributed by atoms with Gasteiger partial charge in [0, 0.05) is 18.7 Å². The van der Waals surface area contributed by atoms with E-state index in [1.807, 2.05) is 0 Å². The van der Waals surface area contributed by atoms with Crippen LogP contribution in [0.15, 0.2) is 18.2 Å². The van der Waals surface area contributed by atoms with Gasteiger partial charge in [0.05, 0.1) is 5.92 Å². The van der Waals surface area contributed by atoms with Gasteiger partial charge in [0.2, 0.25) is 17.7 Å². The normalized spacial score (nSPS) is 18.2. The summed E-state index contributed by atoms with van der Waals surface area (Å²) < 4.78 is 13.7. The number of nitrogens with one attached hydrogen (secondary N) is 1. The van der Waals surface area contributed by atoms with Crippen molar-refractivity contribution < 1.29 is 18.8 Å². The monoisotopic (exact) mass is 321 g/mol. The molecule has 1 aromatic carbocycles. The minimum Gasteiger partial charge on any atom is -0.368 e. The van der Waals surface area contributed by atoms with Crippen molar-refractivity contribution in [3.8, 4) is 0 Å². The number of carbonyl (C=O) groups is 3. The van der Waals surface area contributed by atoms with Crippen LogP contribution in [0.25, 0.3) is 0 Å². The number of benzene rings is 1. The zero-order chi connectivity index (χ0) is 17.4. The molecule has 1 fully saturated rings. The van der Waals surface area contributed by atoms with Crippen LogP contribution < -0.4 is 16.0 Å². The van der Waals surface area contributed by atoms with E-state index < -0.39 is 29.1 Å². The average Bonchev–Trinajstić information content (AvgIpc) is 2.83. The molecule has 0 aromatic heterocycles. The SMILES string of the molecule is Cc1ccc(N2C[C@@H](C(=O)NC(C)(C)C(N)=O)CC2=O)cc1F. The van der Waals surface area contributed by atoms with E-state index in [-0.39, 0.29) is 18.9 Å². The molecule has 0 unspecified atom stereocenters. The number of carbonyl (C=O) groups excluding carboxylic acids is 3. The number of nitrogens with zero attached hydrogens (tertiary/aromatic N) is 1. The van der Waals surface area contributed by atoms with Crippen molar-refractivity contribution in [2.24, 2.45) is 11.7 Å². The third-order valence-electron chi connectivity index (χ3n) is 4.01. The Bertz CT molecular complexity index is 673. The van der Waals surface area contributed by atoms with Crippen molar-refractivity contribution in [2.45, 2.75) is 32.7 Å². The van der Waals surface area contributed by atoms with Gasteiger partial charge in [-0.25, -0.2) is 4.39 Å². The van der Waals surface area contributed by atoms with Gasteiger partial charge in [0.25, 0.3) is 0 Å². The predicted octanol–water partition coefficient (Wildman–Crippen LogP) is 0.867. The summed E-state index contributed by atoms with van der Waals surface area (Å²) >= 11 is 0. The zero-order valence-electron chi connectivity index (χ0n) is 13.4. The Hall–Kier alpha value is -2.44. The molecule has 0 spiro atoms. The molecule has 0 aliphatic carbocycles. The van der Waals surface area contributed by atoms with Gasteiger partial charge in [-0.05, 0) is 38.5 Å². The maximum absolute atomic E-state index is 13.7. The van der Waals surface area contributed by atoms with E-state index >= 15 is 0 Å². The van der Waals surface area contributed by atoms with Gasteiger partial charge in [-0.2, -0.15) is 0 Å². The Kier molecular flexibility index (Phi) is 4.40. The van der Waals surface area contributed by atoms with E-state index in [2.05, 4.69) is 5.32 Å². The molecular weight excluding hydrogens is 301 g/mol. The molecule has 2 rings (SSSR count). The van der Waals surface area contributed by atoms with Crippen LogP contribution >= 0.6 is 0 Å². The van der Waals surface area contributed by atoms with Crippen LogP contribution in [0.2, 0.25) is 0 Å². The van der Waals surface area contributed by atoms with Gasteiger partial charge in [-0.15, -0.1) is 0 Å². The summed E-state index contributed by atoms with van der Waals surface area (Å²) in [6.07, 6.45) is 0.0101. The molecule has 6 nitrogen and oxygen atoms in total. The van der Waals surface area contributed by atoms with Crippen LogP contribution in [0.1, 0.15) is 25.8 Å². The molecule has 1 saturated heterocycles. The van der Waals surface area contributed by atoms with Crippen molar-refractivity contribution in [1.29, 1.82) is 0 Å². The third-order valence-corrected chi connectivity index (χ3v) is 4.01. The summed E-state index contributed by atoms with van der Waals surface area (Å²) in [4.78, 5) is 37.0. The summed E-state index contributed by atoms with van der Waals surface area (Å²) in [5.41, 5.74) is 4.93. The van der Waals surface area contributed by atoms with Crippen molar-refractivity contribution >= 4 is 23.4 Å². The first-order valence-electron chi connectivity index (χ1n) is 7.30. The van der Waals surface area contributed by atoms with Crippen LogP contribution in [0.3, 0.4) is 0 Å². The molecule has 124 valence electrons. The lowest BCUT2D eigenvalue weighted by Gasteiger charge is -2.24. The highest BCUT2D eigenvalue weighted by molar-refractivity contribution is 6.01. The van der Waals surface area contributed by atoms with E-state index in [1.165, 1.54) is 24.8 Å². The molecule has 1 aliphatic heterocycles. The predicted molar refractivity (Wildman–Crippen MR) is 83.0 cm³/mol. The Morgan fingerprint density at radius 3 is 2.61 bits per heavy atom. The molecule has 1 aromatic rings. The van der Waals surface area contributed by atoms with Crippen LogP contribution in [0, 0.1) is 18.7 Å². The number of hydrogen-bond donors (Lipinski definition) is 2. The largest absolute Gasteiger partial charge is 0.368 e. The number of rotatable bonds is 4. The molecule has 0 radical (unpaired) electrons. The van der Waals surface area contributed by atoms with Gasteiger partial charge in [-0.3, -0.25) is 14.4 Å². The van der Waals surface area contributed by atoms with Crippen molar-refractivity contribution in [1.82, 2.24) is 5.32 Å². The minimum atomic E-state index is -1.19.